The Morgan fingerprint density at radius 3 is 2.62 bits per heavy atom. The SMILES string of the molecule is [13CH3][13CH2]O[13C](=O)c1ccc(O)c(O)c1. The van der Waals surface area contributed by atoms with Crippen LogP contribution in [0.1, 0.15) is 17.3 Å². The molecule has 0 saturated heterocycles. The highest BCUT2D eigenvalue weighted by molar-refractivity contribution is 5.90. The Balaban J connectivity index is 2.90. The Morgan fingerprint density at radius 2 is 2.08 bits per heavy atom. The second-order valence-corrected chi connectivity index (χ2v) is 2.42. The third-order valence-electron chi connectivity index (χ3n) is 1.49. The number of ether oxygens (including phenoxy) is 1. The van der Waals surface area contributed by atoms with Crippen LogP contribution in [-0.4, -0.2) is 22.8 Å². The van der Waals surface area contributed by atoms with Gasteiger partial charge in [0.1, 0.15) is 0 Å². The van der Waals surface area contributed by atoms with Gasteiger partial charge in [0.25, 0.3) is 0 Å². The molecule has 2 N–H and O–H groups in total. The largest absolute Gasteiger partial charge is 0.504 e. The number of hydrogen-bond acceptors (Lipinski definition) is 4. The number of aromatic hydroxyl groups is 2. The first-order valence-corrected chi connectivity index (χ1v) is 3.84. The molecule has 0 bridgehead atoms. The average molecular weight is 185 g/mol. The second kappa shape index (κ2) is 3.80. The first kappa shape index (κ1) is 9.38. The van der Waals surface area contributed by atoms with E-state index in [1.807, 2.05) is 0 Å². The Morgan fingerprint density at radius 1 is 1.38 bits per heavy atom. The van der Waals surface area contributed by atoms with E-state index in [9.17, 15) is 4.79 Å². The summed E-state index contributed by atoms with van der Waals surface area (Å²) in [6.45, 7) is 1.97. The lowest BCUT2D eigenvalue weighted by Crippen LogP contribution is -2.03. The zero-order valence-electron chi connectivity index (χ0n) is 7.15. The van der Waals surface area contributed by atoms with E-state index in [1.54, 1.807) is 6.92 Å². The lowest BCUT2D eigenvalue weighted by atomic mass is 10.2. The second-order valence-electron chi connectivity index (χ2n) is 2.42. The van der Waals surface area contributed by atoms with Crippen LogP contribution in [-0.2, 0) is 4.74 Å². The van der Waals surface area contributed by atoms with E-state index >= 15 is 0 Å². The fourth-order valence-electron chi connectivity index (χ4n) is 0.865. The van der Waals surface area contributed by atoms with Crippen molar-refractivity contribution in [1.82, 2.24) is 0 Å². The summed E-state index contributed by atoms with van der Waals surface area (Å²) >= 11 is 0. The van der Waals surface area contributed by atoms with Crippen LogP contribution in [0.4, 0.5) is 0 Å². The van der Waals surface area contributed by atoms with E-state index in [0.29, 0.717) is 0 Å². The first-order chi connectivity index (χ1) is 6.15. The molecule has 0 amide bonds. The van der Waals surface area contributed by atoms with Gasteiger partial charge in [0.05, 0.1) is 12.2 Å². The summed E-state index contributed by atoms with van der Waals surface area (Å²) in [5.41, 5.74) is 0.220. The van der Waals surface area contributed by atoms with Crippen LogP contribution < -0.4 is 0 Å². The number of phenols is 2. The van der Waals surface area contributed by atoms with Crippen molar-refractivity contribution in [3.8, 4) is 11.5 Å². The molecule has 1 rings (SSSR count). The van der Waals surface area contributed by atoms with Gasteiger partial charge in [-0.1, -0.05) is 0 Å². The fourth-order valence-corrected chi connectivity index (χ4v) is 0.865. The third kappa shape index (κ3) is 2.11. The predicted octanol–water partition coefficient (Wildman–Crippen LogP) is 1.27. The maximum absolute atomic E-state index is 11.1. The molecular formula is C9H10O4. The molecular weight excluding hydrogens is 175 g/mol. The van der Waals surface area contributed by atoms with Crippen LogP contribution in [0.15, 0.2) is 18.2 Å². The number of esters is 1. The Labute approximate surface area is 75.4 Å². The van der Waals surface area contributed by atoms with E-state index in [2.05, 4.69) is 0 Å². The van der Waals surface area contributed by atoms with Crippen LogP contribution in [0.25, 0.3) is 0 Å². The molecule has 0 aliphatic heterocycles. The highest BCUT2D eigenvalue weighted by Gasteiger charge is 2.08. The van der Waals surface area contributed by atoms with Crippen molar-refractivity contribution >= 4 is 5.97 Å². The van der Waals surface area contributed by atoms with Crippen molar-refractivity contribution in [3.63, 3.8) is 0 Å². The van der Waals surface area contributed by atoms with Crippen molar-refractivity contribution in [2.75, 3.05) is 6.61 Å². The molecule has 0 radical (unpaired) electrons. The summed E-state index contributed by atoms with van der Waals surface area (Å²) in [6.07, 6.45) is 0. The minimum absolute atomic E-state index is 0.220. The summed E-state index contributed by atoms with van der Waals surface area (Å²) in [4.78, 5) is 11.1. The number of hydrogen-bond donors (Lipinski definition) is 2. The van der Waals surface area contributed by atoms with E-state index in [0.717, 1.165) is 6.07 Å². The summed E-state index contributed by atoms with van der Waals surface area (Å²) in [6, 6.07) is 3.78. The number of benzene rings is 1. The van der Waals surface area contributed by atoms with E-state index in [4.69, 9.17) is 14.9 Å². The molecule has 4 nitrogen and oxygen atoms in total. The van der Waals surface area contributed by atoms with Crippen molar-refractivity contribution in [1.29, 1.82) is 0 Å². The topological polar surface area (TPSA) is 66.8 Å². The number of rotatable bonds is 2. The molecule has 1 aromatic carbocycles. The molecule has 4 heteroatoms. The van der Waals surface area contributed by atoms with Gasteiger partial charge in [0.15, 0.2) is 11.5 Å². The normalized spacial score (nSPS) is 9.62. The van der Waals surface area contributed by atoms with E-state index in [1.165, 1.54) is 12.1 Å². The minimum atomic E-state index is -0.516. The zero-order valence-corrected chi connectivity index (χ0v) is 7.15. The van der Waals surface area contributed by atoms with E-state index < -0.39 is 5.97 Å². The van der Waals surface area contributed by atoms with Gasteiger partial charge in [-0.15, -0.1) is 0 Å². The number of carbonyl (C=O) groups excluding carboxylic acids is 1. The maximum Gasteiger partial charge on any atom is 0.338 e. The fraction of sp³-hybridized carbons (Fsp3) is 0.222. The van der Waals surface area contributed by atoms with Crippen LogP contribution in [0.3, 0.4) is 0 Å². The standard InChI is InChI=1S/C9H10O4/c1-2-13-9(12)6-3-4-7(10)8(11)5-6/h3-5,10-11H,2H2,1H3/i1+1,2+1,9+1. The minimum Gasteiger partial charge on any atom is -0.504 e. The van der Waals surface area contributed by atoms with Crippen LogP contribution in [0, 0.1) is 0 Å². The van der Waals surface area contributed by atoms with Crippen molar-refractivity contribution in [2.45, 2.75) is 6.92 Å². The Hall–Kier alpha value is -1.71. The quantitative estimate of drug-likeness (QED) is 0.413. The van der Waals surface area contributed by atoms with Crippen LogP contribution >= 0.6 is 0 Å². The lowest BCUT2D eigenvalue weighted by Gasteiger charge is -2.02. The average Bonchev–Trinajstić information content (AvgIpc) is 2.10. The molecule has 0 aliphatic rings. The van der Waals surface area contributed by atoms with Gasteiger partial charge < -0.3 is 14.9 Å². The van der Waals surface area contributed by atoms with Gasteiger partial charge >= 0.3 is 5.97 Å². The number of phenolic OH excluding ortho intramolecular Hbond substituents is 2. The highest BCUT2D eigenvalue weighted by atomic mass is 16.7. The van der Waals surface area contributed by atoms with Crippen molar-refractivity contribution < 1.29 is 19.7 Å². The first-order valence-electron chi connectivity index (χ1n) is 3.84. The molecule has 0 spiro atoms. The van der Waals surface area contributed by atoms with Crippen LogP contribution in [0.2, 0.25) is 0 Å². The summed E-state index contributed by atoms with van der Waals surface area (Å²) in [5.74, 6) is -1.10. The third-order valence-corrected chi connectivity index (χ3v) is 1.49. The van der Waals surface area contributed by atoms with Gasteiger partial charge in [-0.05, 0) is 25.1 Å². The Kier molecular flexibility index (Phi) is 2.74. The summed E-state index contributed by atoms with van der Waals surface area (Å²) < 4.78 is 4.69. The highest BCUT2D eigenvalue weighted by Crippen LogP contribution is 2.24. The summed E-state index contributed by atoms with van der Waals surface area (Å²) in [5, 5.41) is 18.0. The smallest absolute Gasteiger partial charge is 0.338 e. The molecule has 0 fully saturated rings. The van der Waals surface area contributed by atoms with Crippen LogP contribution in [0.5, 0.6) is 11.5 Å². The summed E-state index contributed by atoms with van der Waals surface area (Å²) in [7, 11) is 0. The van der Waals surface area contributed by atoms with Gasteiger partial charge in [-0.25, -0.2) is 4.79 Å². The van der Waals surface area contributed by atoms with E-state index in [-0.39, 0.29) is 23.7 Å². The molecule has 0 aliphatic carbocycles. The number of carbonyl (C=O) groups is 1. The zero-order chi connectivity index (χ0) is 9.84. The molecule has 13 heavy (non-hydrogen) atoms. The van der Waals surface area contributed by atoms with Gasteiger partial charge in [-0.2, -0.15) is 0 Å². The van der Waals surface area contributed by atoms with Crippen molar-refractivity contribution in [3.05, 3.63) is 23.8 Å². The molecule has 0 heterocycles. The maximum atomic E-state index is 11.1. The lowest BCUT2D eigenvalue weighted by molar-refractivity contribution is 0.0526. The van der Waals surface area contributed by atoms with Gasteiger partial charge in [0.2, 0.25) is 0 Å². The predicted molar refractivity (Wildman–Crippen MR) is 45.7 cm³/mol. The van der Waals surface area contributed by atoms with Crippen molar-refractivity contribution in [2.24, 2.45) is 0 Å². The van der Waals surface area contributed by atoms with Gasteiger partial charge in [0, 0.05) is 0 Å². The monoisotopic (exact) mass is 185 g/mol. The van der Waals surface area contributed by atoms with Gasteiger partial charge in [-0.3, -0.25) is 0 Å². The molecule has 0 unspecified atom stereocenters. The Bertz CT molecular complexity index is 319. The molecule has 0 aromatic heterocycles. The molecule has 1 aromatic rings. The molecule has 70 valence electrons. The molecule has 0 atom stereocenters. The molecule has 0 saturated carbocycles.